The average Bonchev–Trinajstić information content (AvgIpc) is 2.58. The Balaban J connectivity index is 0.000000235. The molecule has 0 atom stereocenters. The van der Waals surface area contributed by atoms with Crippen molar-refractivity contribution in [2.45, 2.75) is 6.92 Å². The highest BCUT2D eigenvalue weighted by molar-refractivity contribution is 5.21. The fourth-order valence-electron chi connectivity index (χ4n) is 1.59. The van der Waals surface area contributed by atoms with Crippen molar-refractivity contribution in [2.24, 2.45) is 0 Å². The second kappa shape index (κ2) is 12.7. The van der Waals surface area contributed by atoms with E-state index in [2.05, 4.69) is 0 Å². The molecular formula is C18H24O4. The molecule has 0 aromatic heterocycles. The van der Waals surface area contributed by atoms with Gasteiger partial charge >= 0.3 is 0 Å². The highest BCUT2D eigenvalue weighted by atomic mass is 16.5. The standard InChI is InChI=1S/C10H14O3.C8H10O/c11-6-7-12-8-9-13-10-4-2-1-3-5-10;1-2-9-8-6-4-3-5-7-8/h1-5,11H,6-9H2;3-7H,2H2,1H3. The second-order valence-corrected chi connectivity index (χ2v) is 4.24. The summed E-state index contributed by atoms with van der Waals surface area (Å²) in [6.07, 6.45) is 0. The van der Waals surface area contributed by atoms with Crippen LogP contribution in [0.4, 0.5) is 0 Å². The normalized spacial score (nSPS) is 9.55. The maximum Gasteiger partial charge on any atom is 0.119 e. The first-order valence-corrected chi connectivity index (χ1v) is 7.41. The zero-order chi connectivity index (χ0) is 15.9. The Morgan fingerprint density at radius 2 is 1.27 bits per heavy atom. The van der Waals surface area contributed by atoms with Gasteiger partial charge in [-0.25, -0.2) is 0 Å². The number of rotatable bonds is 8. The van der Waals surface area contributed by atoms with Gasteiger partial charge in [0, 0.05) is 0 Å². The number of aliphatic hydroxyl groups excluding tert-OH is 1. The van der Waals surface area contributed by atoms with E-state index in [0.717, 1.165) is 18.1 Å². The topological polar surface area (TPSA) is 47.9 Å². The van der Waals surface area contributed by atoms with Gasteiger partial charge in [-0.05, 0) is 31.2 Å². The Morgan fingerprint density at radius 1 is 0.727 bits per heavy atom. The van der Waals surface area contributed by atoms with Crippen LogP contribution in [0.1, 0.15) is 6.92 Å². The predicted octanol–water partition coefficient (Wildman–Crippen LogP) is 3.16. The number of para-hydroxylation sites is 2. The van der Waals surface area contributed by atoms with Crippen LogP contribution in [-0.2, 0) is 4.74 Å². The quantitative estimate of drug-likeness (QED) is 0.761. The number of hydrogen-bond donors (Lipinski definition) is 1. The summed E-state index contributed by atoms with van der Waals surface area (Å²) in [6, 6.07) is 19.4. The van der Waals surface area contributed by atoms with E-state index in [-0.39, 0.29) is 6.61 Å². The van der Waals surface area contributed by atoms with Gasteiger partial charge in [-0.3, -0.25) is 0 Å². The second-order valence-electron chi connectivity index (χ2n) is 4.24. The molecule has 120 valence electrons. The van der Waals surface area contributed by atoms with Gasteiger partial charge in [-0.1, -0.05) is 36.4 Å². The van der Waals surface area contributed by atoms with Gasteiger partial charge in [0.15, 0.2) is 0 Å². The van der Waals surface area contributed by atoms with Gasteiger partial charge in [0.05, 0.1) is 26.4 Å². The fraction of sp³-hybridized carbons (Fsp3) is 0.333. The van der Waals surface area contributed by atoms with E-state index in [0.29, 0.717) is 19.8 Å². The summed E-state index contributed by atoms with van der Waals surface area (Å²) < 4.78 is 15.6. The van der Waals surface area contributed by atoms with Crippen molar-refractivity contribution in [1.29, 1.82) is 0 Å². The largest absolute Gasteiger partial charge is 0.494 e. The Kier molecular flexibility index (Phi) is 10.4. The molecule has 0 unspecified atom stereocenters. The van der Waals surface area contributed by atoms with Gasteiger partial charge in [-0.2, -0.15) is 0 Å². The number of hydrogen-bond acceptors (Lipinski definition) is 4. The molecule has 0 amide bonds. The van der Waals surface area contributed by atoms with Crippen LogP contribution >= 0.6 is 0 Å². The van der Waals surface area contributed by atoms with Crippen molar-refractivity contribution < 1.29 is 19.3 Å². The van der Waals surface area contributed by atoms with Crippen LogP contribution in [-0.4, -0.2) is 38.1 Å². The third kappa shape index (κ3) is 9.00. The predicted molar refractivity (Wildman–Crippen MR) is 87.5 cm³/mol. The van der Waals surface area contributed by atoms with Crippen LogP contribution in [0.15, 0.2) is 60.7 Å². The third-order valence-electron chi connectivity index (χ3n) is 2.53. The van der Waals surface area contributed by atoms with Crippen molar-refractivity contribution in [3.8, 4) is 11.5 Å². The van der Waals surface area contributed by atoms with Crippen molar-refractivity contribution in [3.63, 3.8) is 0 Å². The molecule has 0 saturated heterocycles. The molecule has 0 spiro atoms. The van der Waals surface area contributed by atoms with E-state index in [1.165, 1.54) is 0 Å². The van der Waals surface area contributed by atoms with E-state index in [1.807, 2.05) is 67.6 Å². The maximum absolute atomic E-state index is 8.42. The molecule has 2 rings (SSSR count). The molecular weight excluding hydrogens is 280 g/mol. The minimum absolute atomic E-state index is 0.0609. The van der Waals surface area contributed by atoms with Crippen molar-refractivity contribution in [2.75, 3.05) is 33.0 Å². The number of aliphatic hydroxyl groups is 1. The molecule has 0 aliphatic carbocycles. The number of ether oxygens (including phenoxy) is 3. The van der Waals surface area contributed by atoms with E-state index < -0.39 is 0 Å². The van der Waals surface area contributed by atoms with Crippen LogP contribution in [0.2, 0.25) is 0 Å². The van der Waals surface area contributed by atoms with Gasteiger partial charge in [0.25, 0.3) is 0 Å². The Morgan fingerprint density at radius 3 is 1.77 bits per heavy atom. The first kappa shape index (κ1) is 18.0. The lowest BCUT2D eigenvalue weighted by Gasteiger charge is -2.05. The molecule has 4 nitrogen and oxygen atoms in total. The average molecular weight is 304 g/mol. The van der Waals surface area contributed by atoms with Gasteiger partial charge < -0.3 is 19.3 Å². The molecule has 2 aromatic carbocycles. The summed E-state index contributed by atoms with van der Waals surface area (Å²) in [5.74, 6) is 1.79. The first-order chi connectivity index (χ1) is 10.9. The molecule has 1 N–H and O–H groups in total. The minimum atomic E-state index is 0.0609. The molecule has 0 aliphatic heterocycles. The smallest absolute Gasteiger partial charge is 0.119 e. The first-order valence-electron chi connectivity index (χ1n) is 7.41. The number of benzene rings is 2. The fourth-order valence-corrected chi connectivity index (χ4v) is 1.59. The minimum Gasteiger partial charge on any atom is -0.494 e. The van der Waals surface area contributed by atoms with E-state index in [4.69, 9.17) is 19.3 Å². The summed E-state index contributed by atoms with van der Waals surface area (Å²) in [5, 5.41) is 8.42. The molecule has 0 fully saturated rings. The molecule has 22 heavy (non-hydrogen) atoms. The van der Waals surface area contributed by atoms with Crippen LogP contribution < -0.4 is 9.47 Å². The van der Waals surface area contributed by atoms with E-state index in [9.17, 15) is 0 Å². The van der Waals surface area contributed by atoms with E-state index in [1.54, 1.807) is 0 Å². The SMILES string of the molecule is CCOc1ccccc1.OCCOCCOc1ccccc1. The van der Waals surface area contributed by atoms with Crippen molar-refractivity contribution >= 4 is 0 Å². The van der Waals surface area contributed by atoms with E-state index >= 15 is 0 Å². The zero-order valence-corrected chi connectivity index (χ0v) is 13.0. The molecule has 0 saturated carbocycles. The van der Waals surface area contributed by atoms with Crippen molar-refractivity contribution in [3.05, 3.63) is 60.7 Å². The Hall–Kier alpha value is -2.04. The van der Waals surface area contributed by atoms with Gasteiger partial charge in [0.2, 0.25) is 0 Å². The monoisotopic (exact) mass is 304 g/mol. The maximum atomic E-state index is 8.42. The highest BCUT2D eigenvalue weighted by Gasteiger charge is 1.90. The summed E-state index contributed by atoms with van der Waals surface area (Å²) in [4.78, 5) is 0. The van der Waals surface area contributed by atoms with Gasteiger partial charge in [0.1, 0.15) is 18.1 Å². The summed E-state index contributed by atoms with van der Waals surface area (Å²) in [6.45, 7) is 4.18. The highest BCUT2D eigenvalue weighted by Crippen LogP contribution is 2.07. The van der Waals surface area contributed by atoms with Crippen LogP contribution in [0.5, 0.6) is 11.5 Å². The molecule has 0 radical (unpaired) electrons. The summed E-state index contributed by atoms with van der Waals surface area (Å²) in [7, 11) is 0. The lowest BCUT2D eigenvalue weighted by Crippen LogP contribution is -2.08. The van der Waals surface area contributed by atoms with Crippen LogP contribution in [0.25, 0.3) is 0 Å². The van der Waals surface area contributed by atoms with Crippen LogP contribution in [0, 0.1) is 0 Å². The molecule has 0 aliphatic rings. The molecule has 4 heteroatoms. The molecule has 2 aromatic rings. The summed E-state index contributed by atoms with van der Waals surface area (Å²) in [5.41, 5.74) is 0. The molecule has 0 heterocycles. The van der Waals surface area contributed by atoms with Crippen LogP contribution in [0.3, 0.4) is 0 Å². The lowest BCUT2D eigenvalue weighted by atomic mass is 10.3. The Bertz CT molecular complexity index is 459. The van der Waals surface area contributed by atoms with Crippen molar-refractivity contribution in [1.82, 2.24) is 0 Å². The lowest BCUT2D eigenvalue weighted by molar-refractivity contribution is 0.0705. The Labute approximate surface area is 132 Å². The summed E-state index contributed by atoms with van der Waals surface area (Å²) >= 11 is 0. The molecule has 0 bridgehead atoms. The zero-order valence-electron chi connectivity index (χ0n) is 13.0. The van der Waals surface area contributed by atoms with Gasteiger partial charge in [-0.15, -0.1) is 0 Å². The third-order valence-corrected chi connectivity index (χ3v) is 2.53.